The third-order valence-electron chi connectivity index (χ3n) is 5.76. The molecule has 0 radical (unpaired) electrons. The lowest BCUT2D eigenvalue weighted by atomic mass is 10.1. The number of rotatable bonds is 13. The Balaban J connectivity index is 0. The molecular formula is C22H47BrN2OS2. The first-order valence-electron chi connectivity index (χ1n) is 11.0. The molecule has 0 saturated heterocycles. The molecule has 1 atom stereocenters. The third-order valence-corrected chi connectivity index (χ3v) is 7.33. The van der Waals surface area contributed by atoms with Gasteiger partial charge in [0.05, 0.1) is 18.6 Å². The van der Waals surface area contributed by atoms with Crippen molar-refractivity contribution in [3.05, 3.63) is 0 Å². The molecule has 1 unspecified atom stereocenters. The highest BCUT2D eigenvalue weighted by molar-refractivity contribution is 8.22. The topological polar surface area (TPSA) is 23.5 Å². The summed E-state index contributed by atoms with van der Waals surface area (Å²) in [4.78, 5) is 2.27. The van der Waals surface area contributed by atoms with Gasteiger partial charge in [0.25, 0.3) is 0 Å². The summed E-state index contributed by atoms with van der Waals surface area (Å²) in [7, 11) is 0. The van der Waals surface area contributed by atoms with Crippen LogP contribution in [0.3, 0.4) is 0 Å². The Hall–Kier alpha value is 0.640. The maximum atomic E-state index is 10.9. The first-order valence-corrected chi connectivity index (χ1v) is 12.4. The fourth-order valence-corrected chi connectivity index (χ4v) is 5.80. The zero-order valence-corrected chi connectivity index (χ0v) is 23.1. The van der Waals surface area contributed by atoms with Gasteiger partial charge in [0, 0.05) is 17.8 Å². The molecule has 1 N–H and O–H groups in total. The summed E-state index contributed by atoms with van der Waals surface area (Å²) in [5, 5.41) is 10.9. The number of aliphatic hydroxyl groups is 1. The molecule has 170 valence electrons. The summed E-state index contributed by atoms with van der Waals surface area (Å²) in [6.45, 7) is 22.2. The molecule has 0 heterocycles. The quantitative estimate of drug-likeness (QED) is 0.239. The molecule has 0 saturated carbocycles. The van der Waals surface area contributed by atoms with Gasteiger partial charge in [0.2, 0.25) is 0 Å². The number of unbranched alkanes of at least 4 members (excludes halogenated alkanes) is 3. The Morgan fingerprint density at radius 3 is 1.82 bits per heavy atom. The molecule has 0 amide bonds. The van der Waals surface area contributed by atoms with Crippen LogP contribution in [0.1, 0.15) is 88.0 Å². The van der Waals surface area contributed by atoms with Crippen molar-refractivity contribution in [3.63, 3.8) is 0 Å². The molecule has 28 heavy (non-hydrogen) atoms. The maximum absolute atomic E-state index is 10.9. The van der Waals surface area contributed by atoms with Gasteiger partial charge in [0.15, 0.2) is 0 Å². The molecule has 0 aromatic carbocycles. The summed E-state index contributed by atoms with van der Waals surface area (Å²) in [5.74, 6) is 0.684. The van der Waals surface area contributed by atoms with Crippen molar-refractivity contribution in [3.8, 4) is 0 Å². The molecule has 0 rings (SSSR count). The van der Waals surface area contributed by atoms with E-state index >= 15 is 0 Å². The van der Waals surface area contributed by atoms with Gasteiger partial charge in [-0.25, -0.2) is 0 Å². The van der Waals surface area contributed by atoms with E-state index in [9.17, 15) is 5.11 Å². The van der Waals surface area contributed by atoms with Crippen molar-refractivity contribution in [2.45, 2.75) is 118 Å². The summed E-state index contributed by atoms with van der Waals surface area (Å²) in [5.41, 5.74) is 0. The van der Waals surface area contributed by atoms with Crippen LogP contribution in [0.2, 0.25) is 0 Å². The van der Waals surface area contributed by atoms with Crippen LogP contribution in [0.15, 0.2) is 0 Å². The number of thiocarbonyl (C=S) groups is 1. The van der Waals surface area contributed by atoms with E-state index in [1.807, 2.05) is 0 Å². The lowest BCUT2D eigenvalue weighted by Crippen LogP contribution is -3.00. The van der Waals surface area contributed by atoms with E-state index in [1.165, 1.54) is 25.7 Å². The Morgan fingerprint density at radius 2 is 1.43 bits per heavy atom. The molecule has 0 spiro atoms. The summed E-state index contributed by atoms with van der Waals surface area (Å²) >= 11 is 7.31. The lowest BCUT2D eigenvalue weighted by molar-refractivity contribution is -0.969. The normalized spacial score (nSPS) is 13.4. The van der Waals surface area contributed by atoms with Gasteiger partial charge in [-0.15, -0.1) is 0 Å². The summed E-state index contributed by atoms with van der Waals surface area (Å²) in [6, 6.07) is 1.81. The average molecular weight is 500 g/mol. The largest absolute Gasteiger partial charge is 1.00 e. The monoisotopic (exact) mass is 498 g/mol. The molecule has 0 aliphatic heterocycles. The molecular weight excluding hydrogens is 452 g/mol. The van der Waals surface area contributed by atoms with Crippen LogP contribution in [0.25, 0.3) is 0 Å². The second kappa shape index (κ2) is 15.4. The van der Waals surface area contributed by atoms with Gasteiger partial charge < -0.3 is 31.5 Å². The minimum atomic E-state index is -0.329. The van der Waals surface area contributed by atoms with Crippen LogP contribution < -0.4 is 17.0 Å². The van der Waals surface area contributed by atoms with Crippen molar-refractivity contribution in [2.75, 3.05) is 18.8 Å². The Bertz CT molecular complexity index is 401. The van der Waals surface area contributed by atoms with E-state index in [2.05, 4.69) is 67.2 Å². The zero-order chi connectivity index (χ0) is 21.2. The highest BCUT2D eigenvalue weighted by Crippen LogP contribution is 2.24. The molecule has 3 nitrogen and oxygen atoms in total. The number of hydrogen-bond donors (Lipinski definition) is 1. The summed E-state index contributed by atoms with van der Waals surface area (Å²) in [6.07, 6.45) is 4.79. The number of hydrogen-bond acceptors (Lipinski definition) is 3. The van der Waals surface area contributed by atoms with E-state index in [0.717, 1.165) is 21.9 Å². The second-order valence-electron chi connectivity index (χ2n) is 9.08. The SMILES string of the molecule is CCCCCC[N+](CC(O)CSC(=S)N(C(C)C)C(C)C)(C(C)C)C(C)C.[Br-]. The Labute approximate surface area is 196 Å². The van der Waals surface area contributed by atoms with Gasteiger partial charge in [-0.2, -0.15) is 0 Å². The van der Waals surface area contributed by atoms with Crippen LogP contribution in [0.4, 0.5) is 0 Å². The third kappa shape index (κ3) is 10.1. The van der Waals surface area contributed by atoms with E-state index in [1.54, 1.807) is 11.8 Å². The molecule has 0 aliphatic carbocycles. The van der Waals surface area contributed by atoms with Gasteiger partial charge in [-0.3, -0.25) is 0 Å². The maximum Gasteiger partial charge on any atom is 0.136 e. The molecule has 0 aliphatic rings. The fraction of sp³-hybridized carbons (Fsp3) is 0.955. The minimum absolute atomic E-state index is 0. The average Bonchev–Trinajstić information content (AvgIpc) is 2.54. The predicted molar refractivity (Wildman–Crippen MR) is 128 cm³/mol. The first kappa shape index (κ1) is 30.8. The van der Waals surface area contributed by atoms with Crippen molar-refractivity contribution in [1.29, 1.82) is 0 Å². The van der Waals surface area contributed by atoms with E-state index in [4.69, 9.17) is 12.2 Å². The van der Waals surface area contributed by atoms with Crippen LogP contribution in [0.5, 0.6) is 0 Å². The molecule has 0 fully saturated rings. The highest BCUT2D eigenvalue weighted by Gasteiger charge is 2.36. The predicted octanol–water partition coefficient (Wildman–Crippen LogP) is 2.70. The first-order chi connectivity index (χ1) is 12.5. The van der Waals surface area contributed by atoms with Crippen LogP contribution in [-0.2, 0) is 0 Å². The highest BCUT2D eigenvalue weighted by atomic mass is 79.9. The molecule has 0 aromatic rings. The lowest BCUT2D eigenvalue weighted by Gasteiger charge is -2.47. The van der Waals surface area contributed by atoms with Crippen LogP contribution in [-0.4, -0.2) is 67.9 Å². The van der Waals surface area contributed by atoms with E-state index in [-0.39, 0.29) is 23.1 Å². The van der Waals surface area contributed by atoms with Crippen LogP contribution >= 0.6 is 24.0 Å². The van der Waals surface area contributed by atoms with E-state index in [0.29, 0.717) is 29.9 Å². The number of aliphatic hydroxyl groups excluding tert-OH is 1. The van der Waals surface area contributed by atoms with Gasteiger partial charge >= 0.3 is 0 Å². The van der Waals surface area contributed by atoms with Crippen molar-refractivity contribution in [2.24, 2.45) is 0 Å². The summed E-state index contributed by atoms with van der Waals surface area (Å²) < 4.78 is 1.91. The Morgan fingerprint density at radius 1 is 0.929 bits per heavy atom. The van der Waals surface area contributed by atoms with Crippen molar-refractivity contribution >= 4 is 28.3 Å². The number of quaternary nitrogens is 1. The fourth-order valence-electron chi connectivity index (χ4n) is 4.16. The van der Waals surface area contributed by atoms with Gasteiger partial charge in [0.1, 0.15) is 17.0 Å². The number of nitrogens with zero attached hydrogens (tertiary/aromatic N) is 2. The van der Waals surface area contributed by atoms with Crippen molar-refractivity contribution in [1.82, 2.24) is 4.90 Å². The minimum Gasteiger partial charge on any atom is -1.00 e. The van der Waals surface area contributed by atoms with E-state index < -0.39 is 0 Å². The Kier molecular flexibility index (Phi) is 17.0. The smallest absolute Gasteiger partial charge is 0.136 e. The van der Waals surface area contributed by atoms with Gasteiger partial charge in [-0.1, -0.05) is 43.7 Å². The number of halogens is 1. The zero-order valence-electron chi connectivity index (χ0n) is 19.9. The number of thioether (sulfide) groups is 1. The molecule has 0 bridgehead atoms. The standard InChI is InChI=1S/C22H47N2OS2.BrH/c1-10-11-12-13-14-24(19(6)7,20(8)9)15-21(25)16-27-22(26)23(17(2)3)18(4)5;/h17-21,25H,10-16H2,1-9H3;1H/q+1;/p-1. The molecule has 6 heteroatoms. The second-order valence-corrected chi connectivity index (χ2v) is 10.7. The van der Waals surface area contributed by atoms with Crippen LogP contribution in [0, 0.1) is 0 Å². The molecule has 0 aromatic heterocycles. The van der Waals surface area contributed by atoms with Gasteiger partial charge in [-0.05, 0) is 68.2 Å². The van der Waals surface area contributed by atoms with Crippen molar-refractivity contribution < 1.29 is 26.6 Å².